The van der Waals surface area contributed by atoms with Crippen LogP contribution in [0.15, 0.2) is 24.3 Å². The molecule has 0 spiro atoms. The van der Waals surface area contributed by atoms with Crippen LogP contribution >= 0.6 is 0 Å². The second kappa shape index (κ2) is 6.65. The molecule has 19 heavy (non-hydrogen) atoms. The molecule has 1 amide bonds. The molecule has 0 atom stereocenters. The quantitative estimate of drug-likeness (QED) is 0.741. The number of amides is 1. The largest absolute Gasteiger partial charge is 0.392 e. The van der Waals surface area contributed by atoms with Crippen LogP contribution in [0.3, 0.4) is 0 Å². The number of carbonyl (C=O) groups is 1. The van der Waals surface area contributed by atoms with Gasteiger partial charge in [0.2, 0.25) is 5.91 Å². The molecule has 1 aromatic rings. The lowest BCUT2D eigenvalue weighted by Gasteiger charge is -2.29. The summed E-state index contributed by atoms with van der Waals surface area (Å²) in [7, 11) is 0. The highest BCUT2D eigenvalue weighted by Gasteiger charge is 2.18. The first-order chi connectivity index (χ1) is 9.17. The molecule has 2 rings (SSSR count). The highest BCUT2D eigenvalue weighted by Crippen LogP contribution is 2.11. The standard InChI is InChI=1S/C14H21N3O2/c15-12-5-7-17(8-6-12)9-14(19)16-13-3-1-11(10-18)2-4-13/h1-4,12,18H,5-10,15H2,(H,16,19). The Bertz CT molecular complexity index is 411. The van der Waals surface area contributed by atoms with Crippen LogP contribution in [0, 0.1) is 0 Å². The number of likely N-dealkylation sites (tertiary alicyclic amines) is 1. The molecular formula is C14H21N3O2. The lowest BCUT2D eigenvalue weighted by atomic mass is 10.1. The van der Waals surface area contributed by atoms with Crippen molar-refractivity contribution in [2.24, 2.45) is 5.73 Å². The minimum absolute atomic E-state index is 0.00720. The molecule has 0 unspecified atom stereocenters. The Morgan fingerprint density at radius 1 is 1.32 bits per heavy atom. The molecule has 0 saturated carbocycles. The first-order valence-corrected chi connectivity index (χ1v) is 6.65. The fourth-order valence-corrected chi connectivity index (χ4v) is 2.21. The van der Waals surface area contributed by atoms with E-state index in [0.29, 0.717) is 6.54 Å². The van der Waals surface area contributed by atoms with Crippen LogP contribution in [-0.4, -0.2) is 41.6 Å². The van der Waals surface area contributed by atoms with E-state index in [1.54, 1.807) is 24.3 Å². The average Bonchev–Trinajstić information content (AvgIpc) is 2.42. The molecule has 1 heterocycles. The number of piperidine rings is 1. The molecule has 0 radical (unpaired) electrons. The number of carbonyl (C=O) groups excluding carboxylic acids is 1. The van der Waals surface area contributed by atoms with E-state index in [2.05, 4.69) is 10.2 Å². The van der Waals surface area contributed by atoms with Gasteiger partial charge < -0.3 is 16.2 Å². The summed E-state index contributed by atoms with van der Waals surface area (Å²) in [5, 5.41) is 11.8. The number of aliphatic hydroxyl groups is 1. The third-order valence-electron chi connectivity index (χ3n) is 3.42. The highest BCUT2D eigenvalue weighted by atomic mass is 16.3. The molecule has 5 nitrogen and oxygen atoms in total. The van der Waals surface area contributed by atoms with Crippen molar-refractivity contribution in [2.75, 3.05) is 25.0 Å². The van der Waals surface area contributed by atoms with Crippen LogP contribution in [0.2, 0.25) is 0 Å². The van der Waals surface area contributed by atoms with Crippen molar-refractivity contribution in [1.82, 2.24) is 4.90 Å². The van der Waals surface area contributed by atoms with Crippen molar-refractivity contribution >= 4 is 11.6 Å². The van der Waals surface area contributed by atoms with E-state index in [0.717, 1.165) is 37.2 Å². The first kappa shape index (κ1) is 14.0. The Labute approximate surface area is 113 Å². The molecule has 0 aliphatic carbocycles. The summed E-state index contributed by atoms with van der Waals surface area (Å²) in [5.74, 6) is -0.00720. The van der Waals surface area contributed by atoms with Crippen molar-refractivity contribution in [2.45, 2.75) is 25.5 Å². The number of nitrogens with two attached hydrogens (primary N) is 1. The molecule has 0 aromatic heterocycles. The fourth-order valence-electron chi connectivity index (χ4n) is 2.21. The van der Waals surface area contributed by atoms with Crippen molar-refractivity contribution < 1.29 is 9.90 Å². The van der Waals surface area contributed by atoms with E-state index in [9.17, 15) is 4.79 Å². The predicted octanol–water partition coefficient (Wildman–Crippen LogP) is 0.540. The first-order valence-electron chi connectivity index (χ1n) is 6.65. The SMILES string of the molecule is NC1CCN(CC(=O)Nc2ccc(CO)cc2)CC1. The number of nitrogens with zero attached hydrogens (tertiary/aromatic N) is 1. The summed E-state index contributed by atoms with van der Waals surface area (Å²) >= 11 is 0. The third-order valence-corrected chi connectivity index (χ3v) is 3.42. The smallest absolute Gasteiger partial charge is 0.238 e. The van der Waals surface area contributed by atoms with Crippen LogP contribution < -0.4 is 11.1 Å². The maximum Gasteiger partial charge on any atom is 0.238 e. The topological polar surface area (TPSA) is 78.6 Å². The van der Waals surface area contributed by atoms with Crippen molar-refractivity contribution in [3.05, 3.63) is 29.8 Å². The molecule has 1 aliphatic heterocycles. The van der Waals surface area contributed by atoms with E-state index >= 15 is 0 Å². The lowest BCUT2D eigenvalue weighted by molar-refractivity contribution is -0.117. The summed E-state index contributed by atoms with van der Waals surface area (Å²) in [5.41, 5.74) is 7.43. The van der Waals surface area contributed by atoms with Crippen molar-refractivity contribution in [3.8, 4) is 0 Å². The summed E-state index contributed by atoms with van der Waals surface area (Å²) in [6, 6.07) is 7.49. The summed E-state index contributed by atoms with van der Waals surface area (Å²) in [6.45, 7) is 2.20. The molecular weight excluding hydrogens is 242 g/mol. The number of nitrogens with one attached hydrogen (secondary N) is 1. The fraction of sp³-hybridized carbons (Fsp3) is 0.500. The highest BCUT2D eigenvalue weighted by molar-refractivity contribution is 5.92. The van der Waals surface area contributed by atoms with E-state index < -0.39 is 0 Å². The van der Waals surface area contributed by atoms with Gasteiger partial charge in [0.25, 0.3) is 0 Å². The van der Waals surface area contributed by atoms with Crippen LogP contribution in [0.1, 0.15) is 18.4 Å². The molecule has 104 valence electrons. The zero-order valence-corrected chi connectivity index (χ0v) is 11.0. The number of benzene rings is 1. The van der Waals surface area contributed by atoms with Gasteiger partial charge in [-0.1, -0.05) is 12.1 Å². The molecule has 1 fully saturated rings. The van der Waals surface area contributed by atoms with Gasteiger partial charge in [-0.2, -0.15) is 0 Å². The van der Waals surface area contributed by atoms with Gasteiger partial charge in [-0.25, -0.2) is 0 Å². The van der Waals surface area contributed by atoms with Gasteiger partial charge in [-0.3, -0.25) is 9.69 Å². The van der Waals surface area contributed by atoms with E-state index in [4.69, 9.17) is 10.8 Å². The maximum atomic E-state index is 11.9. The minimum Gasteiger partial charge on any atom is -0.392 e. The van der Waals surface area contributed by atoms with Crippen LogP contribution in [-0.2, 0) is 11.4 Å². The Morgan fingerprint density at radius 3 is 2.53 bits per heavy atom. The molecule has 1 aliphatic rings. The van der Waals surface area contributed by atoms with Gasteiger partial charge in [0.05, 0.1) is 13.2 Å². The summed E-state index contributed by atoms with van der Waals surface area (Å²) in [4.78, 5) is 14.0. The second-order valence-corrected chi connectivity index (χ2v) is 5.02. The van der Waals surface area contributed by atoms with Gasteiger partial charge >= 0.3 is 0 Å². The molecule has 5 heteroatoms. The van der Waals surface area contributed by atoms with Gasteiger partial charge in [-0.15, -0.1) is 0 Å². The van der Waals surface area contributed by atoms with E-state index in [1.165, 1.54) is 0 Å². The Hall–Kier alpha value is -1.43. The molecule has 4 N–H and O–H groups in total. The average molecular weight is 263 g/mol. The van der Waals surface area contributed by atoms with Crippen LogP contribution in [0.25, 0.3) is 0 Å². The van der Waals surface area contributed by atoms with Gasteiger partial charge in [-0.05, 0) is 30.5 Å². The molecule has 0 bridgehead atoms. The van der Waals surface area contributed by atoms with Crippen molar-refractivity contribution in [1.29, 1.82) is 0 Å². The zero-order valence-electron chi connectivity index (χ0n) is 11.0. The monoisotopic (exact) mass is 263 g/mol. The van der Waals surface area contributed by atoms with Crippen molar-refractivity contribution in [3.63, 3.8) is 0 Å². The Balaban J connectivity index is 1.80. The Kier molecular flexibility index (Phi) is 4.90. The van der Waals surface area contributed by atoms with Gasteiger partial charge in [0.15, 0.2) is 0 Å². The van der Waals surface area contributed by atoms with E-state index in [1.807, 2.05) is 0 Å². The number of hydrogen-bond donors (Lipinski definition) is 3. The normalized spacial score (nSPS) is 17.4. The molecule has 1 saturated heterocycles. The summed E-state index contributed by atoms with van der Waals surface area (Å²) < 4.78 is 0. The van der Waals surface area contributed by atoms with Crippen LogP contribution in [0.4, 0.5) is 5.69 Å². The molecule has 1 aromatic carbocycles. The summed E-state index contributed by atoms with van der Waals surface area (Å²) in [6.07, 6.45) is 1.91. The van der Waals surface area contributed by atoms with Gasteiger partial charge in [0.1, 0.15) is 0 Å². The second-order valence-electron chi connectivity index (χ2n) is 5.02. The number of rotatable bonds is 4. The third kappa shape index (κ3) is 4.31. The van der Waals surface area contributed by atoms with Gasteiger partial charge in [0, 0.05) is 24.8 Å². The Morgan fingerprint density at radius 2 is 1.95 bits per heavy atom. The lowest BCUT2D eigenvalue weighted by Crippen LogP contribution is -2.43. The van der Waals surface area contributed by atoms with Crippen LogP contribution in [0.5, 0.6) is 0 Å². The zero-order chi connectivity index (χ0) is 13.7. The number of aliphatic hydroxyl groups excluding tert-OH is 1. The minimum atomic E-state index is -0.00720. The predicted molar refractivity (Wildman–Crippen MR) is 74.6 cm³/mol. The maximum absolute atomic E-state index is 11.9. The number of hydrogen-bond acceptors (Lipinski definition) is 4. The van der Waals surface area contributed by atoms with E-state index in [-0.39, 0.29) is 18.6 Å². The number of anilines is 1.